The quantitative estimate of drug-likeness (QED) is 0.496. The highest BCUT2D eigenvalue weighted by atomic mass is 35.5. The number of carbonyl (C=O) groups is 1. The maximum absolute atomic E-state index is 12.9. The highest BCUT2D eigenvalue weighted by Gasteiger charge is 2.39. The fourth-order valence-electron chi connectivity index (χ4n) is 4.51. The highest BCUT2D eigenvalue weighted by molar-refractivity contribution is 6.32. The van der Waals surface area contributed by atoms with Gasteiger partial charge in [-0.2, -0.15) is 10.2 Å². The third-order valence-corrected chi connectivity index (χ3v) is 5.83. The van der Waals surface area contributed by atoms with Gasteiger partial charge >= 0.3 is 0 Å². The van der Waals surface area contributed by atoms with Crippen molar-refractivity contribution >= 4 is 17.5 Å². The van der Waals surface area contributed by atoms with Gasteiger partial charge in [-0.1, -0.05) is 23.7 Å². The minimum atomic E-state index is -0.296. The van der Waals surface area contributed by atoms with Crippen LogP contribution in [0.25, 0.3) is 11.1 Å². The van der Waals surface area contributed by atoms with Crippen LogP contribution >= 0.6 is 11.6 Å². The van der Waals surface area contributed by atoms with Crippen LogP contribution in [-0.2, 0) is 4.74 Å². The molecule has 1 N–H and O–H groups in total. The van der Waals surface area contributed by atoms with Crippen LogP contribution in [0.1, 0.15) is 50.9 Å². The van der Waals surface area contributed by atoms with E-state index in [1.54, 1.807) is 30.6 Å². The molecule has 2 aromatic carbocycles. The number of rotatable bonds is 5. The molecule has 1 saturated heterocycles. The second-order valence-electron chi connectivity index (χ2n) is 9.61. The summed E-state index contributed by atoms with van der Waals surface area (Å²) in [6.45, 7) is 8.21. The summed E-state index contributed by atoms with van der Waals surface area (Å²) in [5.41, 5.74) is 1.79. The zero-order valence-corrected chi connectivity index (χ0v) is 20.0. The lowest BCUT2D eigenvalue weighted by atomic mass is 9.85. The number of aromatic nitrogens is 2. The topological polar surface area (TPSA) is 73.3 Å². The molecule has 33 heavy (non-hydrogen) atoms. The highest BCUT2D eigenvalue weighted by Crippen LogP contribution is 2.35. The van der Waals surface area contributed by atoms with E-state index in [9.17, 15) is 4.79 Å². The van der Waals surface area contributed by atoms with Crippen LogP contribution in [0.3, 0.4) is 0 Å². The largest absolute Gasteiger partial charge is 0.456 e. The summed E-state index contributed by atoms with van der Waals surface area (Å²) in [4.78, 5) is 12.9. The van der Waals surface area contributed by atoms with Gasteiger partial charge in [-0.25, -0.2) is 0 Å². The van der Waals surface area contributed by atoms with E-state index >= 15 is 0 Å². The molecule has 1 aliphatic heterocycles. The smallest absolute Gasteiger partial charge is 0.251 e. The van der Waals surface area contributed by atoms with Crippen LogP contribution in [0, 0.1) is 0 Å². The van der Waals surface area contributed by atoms with Crippen molar-refractivity contribution < 1.29 is 14.3 Å². The van der Waals surface area contributed by atoms with E-state index in [-0.39, 0.29) is 23.2 Å². The summed E-state index contributed by atoms with van der Waals surface area (Å²) < 4.78 is 12.1. The zero-order chi connectivity index (χ0) is 23.6. The Bertz CT molecular complexity index is 1130. The summed E-state index contributed by atoms with van der Waals surface area (Å²) in [6, 6.07) is 14.6. The minimum absolute atomic E-state index is 0.0244. The molecular formula is C26H28ClN3O3. The Morgan fingerprint density at radius 3 is 2.45 bits per heavy atom. The van der Waals surface area contributed by atoms with Gasteiger partial charge in [-0.05, 0) is 82.5 Å². The molecule has 0 saturated carbocycles. The second-order valence-corrected chi connectivity index (χ2v) is 10.0. The maximum Gasteiger partial charge on any atom is 0.251 e. The molecular weight excluding hydrogens is 438 g/mol. The number of nitrogens with zero attached hydrogens (tertiary/aromatic N) is 2. The average molecular weight is 466 g/mol. The fourth-order valence-corrected chi connectivity index (χ4v) is 4.73. The number of benzene rings is 2. The molecule has 0 spiro atoms. The van der Waals surface area contributed by atoms with Gasteiger partial charge in [0.15, 0.2) is 0 Å². The van der Waals surface area contributed by atoms with Crippen LogP contribution in [0.5, 0.6) is 11.5 Å². The van der Waals surface area contributed by atoms with Gasteiger partial charge in [0.25, 0.3) is 5.91 Å². The van der Waals surface area contributed by atoms with E-state index in [2.05, 4.69) is 43.2 Å². The first-order chi connectivity index (χ1) is 15.6. The molecule has 7 heteroatoms. The monoisotopic (exact) mass is 465 g/mol. The molecule has 6 nitrogen and oxygen atoms in total. The maximum atomic E-state index is 12.9. The predicted octanol–water partition coefficient (Wildman–Crippen LogP) is 6.06. The van der Waals surface area contributed by atoms with E-state index in [0.29, 0.717) is 22.1 Å². The number of ether oxygens (including phenoxy) is 2. The molecule has 1 aromatic heterocycles. The summed E-state index contributed by atoms with van der Waals surface area (Å²) in [5.74, 6) is 0.954. The molecule has 1 aliphatic rings. The Balaban J connectivity index is 1.46. The van der Waals surface area contributed by atoms with Crippen molar-refractivity contribution in [1.82, 2.24) is 15.5 Å². The van der Waals surface area contributed by atoms with Gasteiger partial charge in [0, 0.05) is 17.2 Å². The summed E-state index contributed by atoms with van der Waals surface area (Å²) in [6.07, 6.45) is 4.84. The lowest BCUT2D eigenvalue weighted by molar-refractivity contribution is -0.162. The molecule has 0 radical (unpaired) electrons. The Labute approximate surface area is 199 Å². The van der Waals surface area contributed by atoms with Gasteiger partial charge in [0.1, 0.15) is 11.5 Å². The van der Waals surface area contributed by atoms with Gasteiger partial charge in [0.2, 0.25) is 0 Å². The van der Waals surface area contributed by atoms with Crippen LogP contribution in [0.15, 0.2) is 60.9 Å². The van der Waals surface area contributed by atoms with E-state index in [1.807, 2.05) is 30.3 Å². The SMILES string of the molecule is CC1(C)CC(NC(=O)c2ccc(Oc3cccc(-c4ccnnc4)c3)c(Cl)c2)CC(C)(C)O1. The standard InChI is InChI=1S/C26H28ClN3O3/c1-25(2)14-20(15-26(3,4)33-25)30-24(31)18-8-9-23(22(27)13-18)32-21-7-5-6-17(12-21)19-10-11-28-29-16-19/h5-13,16,20H,14-15H2,1-4H3,(H,30,31). The molecule has 4 rings (SSSR count). The first kappa shape index (κ1) is 23.2. The number of halogens is 1. The molecule has 0 atom stereocenters. The number of carbonyl (C=O) groups excluding carboxylic acids is 1. The predicted molar refractivity (Wildman–Crippen MR) is 129 cm³/mol. The molecule has 2 heterocycles. The molecule has 0 unspecified atom stereocenters. The molecule has 0 bridgehead atoms. The Kier molecular flexibility index (Phi) is 6.41. The van der Waals surface area contributed by atoms with Crippen LogP contribution in [-0.4, -0.2) is 33.3 Å². The van der Waals surface area contributed by atoms with Crippen molar-refractivity contribution in [3.8, 4) is 22.6 Å². The van der Waals surface area contributed by atoms with E-state index in [4.69, 9.17) is 21.1 Å². The first-order valence-corrected chi connectivity index (χ1v) is 11.3. The number of amides is 1. The molecule has 0 aliphatic carbocycles. The summed E-state index contributed by atoms with van der Waals surface area (Å²) >= 11 is 6.47. The van der Waals surface area contributed by atoms with Crippen molar-refractivity contribution in [3.63, 3.8) is 0 Å². The van der Waals surface area contributed by atoms with Crippen molar-refractivity contribution in [1.29, 1.82) is 0 Å². The van der Waals surface area contributed by atoms with Crippen molar-refractivity contribution in [2.75, 3.05) is 0 Å². The van der Waals surface area contributed by atoms with Crippen LogP contribution in [0.4, 0.5) is 0 Å². The van der Waals surface area contributed by atoms with Crippen molar-refractivity contribution in [2.24, 2.45) is 0 Å². The second kappa shape index (κ2) is 9.12. The molecule has 1 amide bonds. The molecule has 1 fully saturated rings. The third kappa shape index (κ3) is 5.89. The fraction of sp³-hybridized carbons (Fsp3) is 0.346. The Morgan fingerprint density at radius 2 is 1.79 bits per heavy atom. The third-order valence-electron chi connectivity index (χ3n) is 5.54. The van der Waals surface area contributed by atoms with Crippen LogP contribution in [0.2, 0.25) is 5.02 Å². The molecule has 3 aromatic rings. The summed E-state index contributed by atoms with van der Waals surface area (Å²) in [7, 11) is 0. The van der Waals surface area contributed by atoms with E-state index in [0.717, 1.165) is 24.0 Å². The number of hydrogen-bond donors (Lipinski definition) is 1. The lowest BCUT2D eigenvalue weighted by Gasteiger charge is -2.45. The lowest BCUT2D eigenvalue weighted by Crippen LogP contribution is -2.52. The van der Waals surface area contributed by atoms with E-state index in [1.165, 1.54) is 0 Å². The van der Waals surface area contributed by atoms with Gasteiger partial charge in [0.05, 0.1) is 28.6 Å². The first-order valence-electron chi connectivity index (χ1n) is 11.0. The minimum Gasteiger partial charge on any atom is -0.456 e. The van der Waals surface area contributed by atoms with Gasteiger partial charge in [-0.15, -0.1) is 0 Å². The van der Waals surface area contributed by atoms with E-state index < -0.39 is 0 Å². The van der Waals surface area contributed by atoms with Crippen LogP contribution < -0.4 is 10.1 Å². The van der Waals surface area contributed by atoms with Crippen molar-refractivity contribution in [3.05, 3.63) is 71.5 Å². The number of hydrogen-bond acceptors (Lipinski definition) is 5. The Morgan fingerprint density at radius 1 is 1.03 bits per heavy atom. The van der Waals surface area contributed by atoms with Crippen molar-refractivity contribution in [2.45, 2.75) is 57.8 Å². The van der Waals surface area contributed by atoms with Gasteiger partial charge < -0.3 is 14.8 Å². The Hall–Kier alpha value is -2.96. The normalized spacial score (nSPS) is 17.4. The van der Waals surface area contributed by atoms with Gasteiger partial charge in [-0.3, -0.25) is 4.79 Å². The molecule has 172 valence electrons. The zero-order valence-electron chi connectivity index (χ0n) is 19.3. The number of nitrogens with one attached hydrogen (secondary N) is 1. The average Bonchev–Trinajstić information content (AvgIpc) is 2.74. The summed E-state index contributed by atoms with van der Waals surface area (Å²) in [5, 5.41) is 11.2.